The zero-order chi connectivity index (χ0) is 17.7. The summed E-state index contributed by atoms with van der Waals surface area (Å²) in [6, 6.07) is 11.2. The standard InChI is InChI=1S/C16H17N5O2S/c1-20-15(23)13-12(9-5-3-2-4-6-9)10(7-17)14(19)21-16(13)24-8-11(18)22/h2-6,12-13H,8,19H2,1H3,(H2,18,22)(H,20,23). The number of amides is 2. The maximum atomic E-state index is 12.5. The second-order valence-electron chi connectivity index (χ2n) is 5.10. The molecule has 124 valence electrons. The van der Waals surface area contributed by atoms with Crippen LogP contribution in [0.1, 0.15) is 11.5 Å². The van der Waals surface area contributed by atoms with Crippen LogP contribution in [0.4, 0.5) is 0 Å². The molecule has 1 aliphatic rings. The van der Waals surface area contributed by atoms with E-state index in [1.54, 1.807) is 0 Å². The summed E-state index contributed by atoms with van der Waals surface area (Å²) in [5, 5.41) is 12.5. The van der Waals surface area contributed by atoms with E-state index in [9.17, 15) is 14.9 Å². The number of nitrogens with zero attached hydrogens (tertiary/aromatic N) is 2. The van der Waals surface area contributed by atoms with Crippen LogP contribution in [-0.2, 0) is 9.59 Å². The van der Waals surface area contributed by atoms with Crippen LogP contribution in [0, 0.1) is 17.2 Å². The highest BCUT2D eigenvalue weighted by Crippen LogP contribution is 2.39. The average Bonchev–Trinajstić information content (AvgIpc) is 2.59. The van der Waals surface area contributed by atoms with Gasteiger partial charge in [-0.1, -0.05) is 42.1 Å². The van der Waals surface area contributed by atoms with E-state index < -0.39 is 17.7 Å². The zero-order valence-corrected chi connectivity index (χ0v) is 13.8. The van der Waals surface area contributed by atoms with Gasteiger partial charge in [0.2, 0.25) is 11.8 Å². The monoisotopic (exact) mass is 343 g/mol. The van der Waals surface area contributed by atoms with E-state index in [-0.39, 0.29) is 23.1 Å². The molecule has 1 aromatic rings. The number of rotatable bonds is 4. The lowest BCUT2D eigenvalue weighted by atomic mass is 9.79. The third-order valence-corrected chi connectivity index (χ3v) is 4.66. The van der Waals surface area contributed by atoms with Crippen molar-refractivity contribution >= 4 is 28.6 Å². The second kappa shape index (κ2) is 7.66. The molecular weight excluding hydrogens is 326 g/mol. The Morgan fingerprint density at radius 1 is 1.38 bits per heavy atom. The van der Waals surface area contributed by atoms with Crippen molar-refractivity contribution in [3.63, 3.8) is 0 Å². The van der Waals surface area contributed by atoms with Crippen LogP contribution in [-0.4, -0.2) is 29.7 Å². The first-order valence-corrected chi connectivity index (χ1v) is 8.14. The molecular formula is C16H17N5O2S. The Hall–Kier alpha value is -2.79. The highest BCUT2D eigenvalue weighted by atomic mass is 32.2. The third-order valence-electron chi connectivity index (χ3n) is 3.59. The molecule has 2 amide bonds. The number of primary amides is 1. The van der Waals surface area contributed by atoms with Gasteiger partial charge in [0, 0.05) is 13.0 Å². The van der Waals surface area contributed by atoms with Gasteiger partial charge in [-0.05, 0) is 5.56 Å². The smallest absolute Gasteiger partial charge is 0.230 e. The highest BCUT2D eigenvalue weighted by Gasteiger charge is 2.40. The Balaban J connectivity index is 2.56. The summed E-state index contributed by atoms with van der Waals surface area (Å²) in [4.78, 5) is 27.7. The maximum absolute atomic E-state index is 12.5. The van der Waals surface area contributed by atoms with Crippen LogP contribution in [0.15, 0.2) is 46.7 Å². The second-order valence-corrected chi connectivity index (χ2v) is 6.09. The molecule has 0 fully saturated rings. The fourth-order valence-corrected chi connectivity index (χ4v) is 3.43. The van der Waals surface area contributed by atoms with E-state index >= 15 is 0 Å². The number of hydrogen-bond acceptors (Lipinski definition) is 6. The Bertz CT molecular complexity index is 751. The Labute approximate surface area is 143 Å². The van der Waals surface area contributed by atoms with Gasteiger partial charge in [0.05, 0.1) is 28.4 Å². The van der Waals surface area contributed by atoms with Crippen LogP contribution in [0.3, 0.4) is 0 Å². The molecule has 0 aromatic heterocycles. The number of hydrogen-bond donors (Lipinski definition) is 3. The van der Waals surface area contributed by atoms with E-state index in [0.717, 1.165) is 17.3 Å². The predicted molar refractivity (Wildman–Crippen MR) is 92.7 cm³/mol. The number of benzene rings is 1. The minimum atomic E-state index is -0.747. The summed E-state index contributed by atoms with van der Waals surface area (Å²) in [6.07, 6.45) is 0. The van der Waals surface area contributed by atoms with Gasteiger partial charge in [-0.2, -0.15) is 5.26 Å². The summed E-state index contributed by atoms with van der Waals surface area (Å²) in [5.74, 6) is -2.11. The van der Waals surface area contributed by atoms with Crippen molar-refractivity contribution in [2.45, 2.75) is 5.92 Å². The van der Waals surface area contributed by atoms with Crippen molar-refractivity contribution in [1.82, 2.24) is 5.32 Å². The van der Waals surface area contributed by atoms with Crippen molar-refractivity contribution in [3.8, 4) is 6.07 Å². The minimum Gasteiger partial charge on any atom is -0.383 e. The molecule has 0 aliphatic carbocycles. The number of nitrogens with two attached hydrogens (primary N) is 2. The van der Waals surface area contributed by atoms with Crippen molar-refractivity contribution in [2.75, 3.05) is 12.8 Å². The minimum absolute atomic E-state index is 0.0248. The van der Waals surface area contributed by atoms with Crippen LogP contribution < -0.4 is 16.8 Å². The Morgan fingerprint density at radius 2 is 2.04 bits per heavy atom. The molecule has 0 saturated carbocycles. The molecule has 0 bridgehead atoms. The van der Waals surface area contributed by atoms with Gasteiger partial charge < -0.3 is 16.8 Å². The lowest BCUT2D eigenvalue weighted by molar-refractivity contribution is -0.122. The van der Waals surface area contributed by atoms with Crippen LogP contribution >= 0.6 is 11.8 Å². The molecule has 1 aromatic carbocycles. The number of nitrogens with one attached hydrogen (secondary N) is 1. The summed E-state index contributed by atoms with van der Waals surface area (Å²) >= 11 is 1.06. The van der Waals surface area contributed by atoms with Gasteiger partial charge in [0.15, 0.2) is 0 Å². The van der Waals surface area contributed by atoms with E-state index in [2.05, 4.69) is 16.4 Å². The average molecular weight is 343 g/mol. The number of aliphatic imine (C=N–C) groups is 1. The normalized spacial score (nSPS) is 20.1. The molecule has 0 saturated heterocycles. The lowest BCUT2D eigenvalue weighted by Gasteiger charge is -2.30. The molecule has 0 spiro atoms. The SMILES string of the molecule is CNC(=O)C1C(SCC(N)=O)=NC(N)=C(C#N)C1c1ccccc1. The first kappa shape index (κ1) is 17.6. The number of allylic oxidation sites excluding steroid dienone is 1. The van der Waals surface area contributed by atoms with Gasteiger partial charge in [-0.15, -0.1) is 0 Å². The zero-order valence-electron chi connectivity index (χ0n) is 13.0. The van der Waals surface area contributed by atoms with Gasteiger partial charge in [0.25, 0.3) is 0 Å². The number of carbonyl (C=O) groups excluding carboxylic acids is 2. The maximum Gasteiger partial charge on any atom is 0.230 e. The van der Waals surface area contributed by atoms with Crippen molar-refractivity contribution in [3.05, 3.63) is 47.3 Å². The molecule has 1 heterocycles. The van der Waals surface area contributed by atoms with Crippen molar-refractivity contribution < 1.29 is 9.59 Å². The van der Waals surface area contributed by atoms with E-state index in [1.807, 2.05) is 30.3 Å². The summed E-state index contributed by atoms with van der Waals surface area (Å²) in [7, 11) is 1.51. The van der Waals surface area contributed by atoms with E-state index in [4.69, 9.17) is 11.5 Å². The third kappa shape index (κ3) is 3.58. The van der Waals surface area contributed by atoms with Crippen LogP contribution in [0.5, 0.6) is 0 Å². The fourth-order valence-electron chi connectivity index (χ4n) is 2.55. The predicted octanol–water partition coefficient (Wildman–Crippen LogP) is 0.457. The topological polar surface area (TPSA) is 134 Å². The van der Waals surface area contributed by atoms with Gasteiger partial charge in [-0.3, -0.25) is 9.59 Å². The first-order chi connectivity index (χ1) is 11.5. The Morgan fingerprint density at radius 3 is 2.58 bits per heavy atom. The summed E-state index contributed by atoms with van der Waals surface area (Å²) in [5.41, 5.74) is 12.1. The molecule has 2 unspecified atom stereocenters. The number of nitriles is 1. The molecule has 0 radical (unpaired) electrons. The van der Waals surface area contributed by atoms with Gasteiger partial charge in [0.1, 0.15) is 5.82 Å². The molecule has 5 N–H and O–H groups in total. The van der Waals surface area contributed by atoms with Crippen molar-refractivity contribution in [1.29, 1.82) is 5.26 Å². The van der Waals surface area contributed by atoms with Crippen LogP contribution in [0.25, 0.3) is 0 Å². The summed E-state index contributed by atoms with van der Waals surface area (Å²) < 4.78 is 0. The molecule has 2 atom stereocenters. The Kier molecular flexibility index (Phi) is 5.60. The van der Waals surface area contributed by atoms with Gasteiger partial charge in [-0.25, -0.2) is 4.99 Å². The molecule has 8 heteroatoms. The first-order valence-electron chi connectivity index (χ1n) is 7.15. The van der Waals surface area contributed by atoms with Crippen LogP contribution in [0.2, 0.25) is 0 Å². The number of carbonyl (C=O) groups is 2. The molecule has 24 heavy (non-hydrogen) atoms. The fraction of sp³-hybridized carbons (Fsp3) is 0.250. The van der Waals surface area contributed by atoms with E-state index in [0.29, 0.717) is 5.04 Å². The highest BCUT2D eigenvalue weighted by molar-refractivity contribution is 8.14. The quantitative estimate of drug-likeness (QED) is 0.730. The summed E-state index contributed by atoms with van der Waals surface area (Å²) in [6.45, 7) is 0. The number of thioether (sulfide) groups is 1. The van der Waals surface area contributed by atoms with Gasteiger partial charge >= 0.3 is 0 Å². The molecule has 1 aliphatic heterocycles. The molecule has 7 nitrogen and oxygen atoms in total. The molecule has 2 rings (SSSR count). The largest absolute Gasteiger partial charge is 0.383 e. The van der Waals surface area contributed by atoms with E-state index in [1.165, 1.54) is 7.05 Å². The lowest BCUT2D eigenvalue weighted by Crippen LogP contribution is -2.40. The van der Waals surface area contributed by atoms with Crippen molar-refractivity contribution in [2.24, 2.45) is 22.4 Å².